The first-order chi connectivity index (χ1) is 13.3. The molecule has 1 aliphatic heterocycles. The van der Waals surface area contributed by atoms with Crippen molar-refractivity contribution in [1.29, 1.82) is 0 Å². The third-order valence-electron chi connectivity index (χ3n) is 5.24. The van der Waals surface area contributed by atoms with Crippen molar-refractivity contribution in [3.63, 3.8) is 0 Å². The van der Waals surface area contributed by atoms with E-state index in [2.05, 4.69) is 16.0 Å². The number of carbonyl (C=O) groups excluding carboxylic acids is 3. The van der Waals surface area contributed by atoms with E-state index in [0.29, 0.717) is 16.1 Å². The number of hydrogen-bond donors (Lipinski definition) is 3. The molecule has 0 aromatic heterocycles. The minimum absolute atomic E-state index is 0.151. The lowest BCUT2D eigenvalue weighted by molar-refractivity contribution is -0.126. The van der Waals surface area contributed by atoms with Crippen LogP contribution in [0.3, 0.4) is 0 Å². The molecule has 2 aromatic carbocycles. The summed E-state index contributed by atoms with van der Waals surface area (Å²) in [4.78, 5) is 36.7. The van der Waals surface area contributed by atoms with Gasteiger partial charge in [0.2, 0.25) is 0 Å². The summed E-state index contributed by atoms with van der Waals surface area (Å²) >= 11 is 5.93. The van der Waals surface area contributed by atoms with Gasteiger partial charge in [-0.15, -0.1) is 0 Å². The molecular weight excluding hydrogens is 385 g/mol. The lowest BCUT2D eigenvalue weighted by atomic mass is 9.90. The summed E-state index contributed by atoms with van der Waals surface area (Å²) in [6.07, 6.45) is 0.301. The van der Waals surface area contributed by atoms with Crippen LogP contribution in [0.1, 0.15) is 23.2 Å². The Hall–Kier alpha value is -2.93. The first-order valence-corrected chi connectivity index (χ1v) is 9.18. The smallest absolute Gasteiger partial charge is 0.322 e. The van der Waals surface area contributed by atoms with Gasteiger partial charge in [0.25, 0.3) is 11.8 Å². The molecule has 6 nitrogen and oxygen atoms in total. The normalized spacial score (nSPS) is 22.4. The quantitative estimate of drug-likeness (QED) is 0.673. The maximum atomic E-state index is 14.9. The van der Waals surface area contributed by atoms with Crippen LogP contribution >= 0.6 is 11.6 Å². The Bertz CT molecular complexity index is 975. The van der Waals surface area contributed by atoms with Gasteiger partial charge in [0, 0.05) is 10.6 Å². The predicted octanol–water partition coefficient (Wildman–Crippen LogP) is 2.82. The number of imide groups is 1. The van der Waals surface area contributed by atoms with E-state index in [0.717, 1.165) is 5.56 Å². The zero-order valence-corrected chi connectivity index (χ0v) is 15.5. The second kappa shape index (κ2) is 6.60. The van der Waals surface area contributed by atoms with Crippen molar-refractivity contribution in [3.8, 4) is 11.1 Å². The number of benzene rings is 2. The molecule has 2 fully saturated rings. The zero-order valence-electron chi connectivity index (χ0n) is 14.7. The molecule has 0 radical (unpaired) electrons. The van der Waals surface area contributed by atoms with Gasteiger partial charge in [0.05, 0.1) is 6.54 Å². The largest absolute Gasteiger partial charge is 0.349 e. The van der Waals surface area contributed by atoms with Gasteiger partial charge in [-0.3, -0.25) is 14.9 Å². The van der Waals surface area contributed by atoms with Gasteiger partial charge in [0.1, 0.15) is 5.67 Å². The van der Waals surface area contributed by atoms with E-state index in [-0.39, 0.29) is 19.4 Å². The lowest BCUT2D eigenvalue weighted by Crippen LogP contribution is -2.62. The predicted molar refractivity (Wildman–Crippen MR) is 102 cm³/mol. The van der Waals surface area contributed by atoms with E-state index >= 15 is 0 Å². The molecule has 1 unspecified atom stereocenters. The molecular formula is C20H17ClFN3O3. The molecule has 8 heteroatoms. The Labute approximate surface area is 165 Å². The number of hydrogen-bond acceptors (Lipinski definition) is 3. The van der Waals surface area contributed by atoms with Crippen LogP contribution in [0.25, 0.3) is 11.1 Å². The molecule has 4 amide bonds. The van der Waals surface area contributed by atoms with Crippen molar-refractivity contribution in [1.82, 2.24) is 16.0 Å². The highest BCUT2D eigenvalue weighted by molar-refractivity contribution is 6.30. The molecule has 1 saturated carbocycles. The molecule has 0 bridgehead atoms. The van der Waals surface area contributed by atoms with Crippen LogP contribution in [0, 0.1) is 0 Å². The second-order valence-corrected chi connectivity index (χ2v) is 7.45. The number of nitrogens with one attached hydrogen (secondary N) is 3. The summed E-state index contributed by atoms with van der Waals surface area (Å²) in [7, 11) is 0. The third-order valence-corrected chi connectivity index (χ3v) is 5.49. The first-order valence-electron chi connectivity index (χ1n) is 8.80. The minimum atomic E-state index is -1.85. The number of carbonyl (C=O) groups is 3. The summed E-state index contributed by atoms with van der Waals surface area (Å²) in [6, 6.07) is 13.2. The fraction of sp³-hybridized carbons (Fsp3) is 0.250. The molecule has 1 saturated heterocycles. The standard InChI is InChI=1S/C20H17ClFN3O3/c21-13-7-5-12(6-8-13)14-3-1-2-4-15(14)16(26)23-11-20(19(22)9-10-19)17(27)24-18(28)25-20/h1-8H,9-11H2,(H,23,26)(H2,24,25,27,28). The molecule has 28 heavy (non-hydrogen) atoms. The van der Waals surface area contributed by atoms with E-state index in [4.69, 9.17) is 11.6 Å². The maximum absolute atomic E-state index is 14.9. The number of urea groups is 1. The van der Waals surface area contributed by atoms with Gasteiger partial charge in [-0.1, -0.05) is 41.9 Å². The van der Waals surface area contributed by atoms with Crippen molar-refractivity contribution in [2.24, 2.45) is 0 Å². The fourth-order valence-electron chi connectivity index (χ4n) is 3.50. The first kappa shape index (κ1) is 18.4. The SMILES string of the molecule is O=C1NC(=O)C(CNC(=O)c2ccccc2-c2ccc(Cl)cc2)(C2(F)CC2)N1. The Morgan fingerprint density at radius 3 is 2.39 bits per heavy atom. The Balaban J connectivity index is 1.59. The topological polar surface area (TPSA) is 87.3 Å². The van der Waals surface area contributed by atoms with E-state index in [9.17, 15) is 18.8 Å². The fourth-order valence-corrected chi connectivity index (χ4v) is 3.62. The van der Waals surface area contributed by atoms with Gasteiger partial charge in [-0.2, -0.15) is 0 Å². The summed E-state index contributed by atoms with van der Waals surface area (Å²) in [5.74, 6) is -1.23. The van der Waals surface area contributed by atoms with Crippen LogP contribution in [0.2, 0.25) is 5.02 Å². The highest BCUT2D eigenvalue weighted by atomic mass is 35.5. The van der Waals surface area contributed by atoms with Gasteiger partial charge in [0.15, 0.2) is 5.54 Å². The minimum Gasteiger partial charge on any atom is -0.349 e. The third kappa shape index (κ3) is 3.01. The average Bonchev–Trinajstić information content (AvgIpc) is 3.36. The van der Waals surface area contributed by atoms with Crippen molar-refractivity contribution in [2.75, 3.05) is 6.54 Å². The van der Waals surface area contributed by atoms with E-state index < -0.39 is 29.1 Å². The molecule has 1 heterocycles. The van der Waals surface area contributed by atoms with Gasteiger partial charge >= 0.3 is 6.03 Å². The Morgan fingerprint density at radius 2 is 1.79 bits per heavy atom. The van der Waals surface area contributed by atoms with Crippen LogP contribution in [-0.2, 0) is 4.79 Å². The van der Waals surface area contributed by atoms with Crippen molar-refractivity contribution in [3.05, 3.63) is 59.1 Å². The van der Waals surface area contributed by atoms with Crippen LogP contribution in [0.4, 0.5) is 9.18 Å². The van der Waals surface area contributed by atoms with Crippen LogP contribution in [-0.4, -0.2) is 35.6 Å². The Kier molecular flexibility index (Phi) is 4.34. The molecule has 1 aliphatic carbocycles. The van der Waals surface area contributed by atoms with Gasteiger partial charge < -0.3 is 10.6 Å². The Morgan fingerprint density at radius 1 is 1.11 bits per heavy atom. The highest BCUT2D eigenvalue weighted by Crippen LogP contribution is 2.49. The summed E-state index contributed by atoms with van der Waals surface area (Å²) < 4.78 is 14.9. The summed E-state index contributed by atoms with van der Waals surface area (Å²) in [6.45, 7) is -0.338. The van der Waals surface area contributed by atoms with Crippen LogP contribution in [0.5, 0.6) is 0 Å². The van der Waals surface area contributed by atoms with Crippen LogP contribution < -0.4 is 16.0 Å². The summed E-state index contributed by atoms with van der Waals surface area (Å²) in [5.41, 5.74) is -1.80. The molecule has 1 atom stereocenters. The van der Waals surface area contributed by atoms with E-state index in [1.807, 2.05) is 0 Å². The molecule has 144 valence electrons. The highest BCUT2D eigenvalue weighted by Gasteiger charge is 2.68. The lowest BCUT2D eigenvalue weighted by Gasteiger charge is -2.30. The van der Waals surface area contributed by atoms with E-state index in [1.54, 1.807) is 48.5 Å². The van der Waals surface area contributed by atoms with Crippen LogP contribution in [0.15, 0.2) is 48.5 Å². The van der Waals surface area contributed by atoms with Crippen molar-refractivity contribution in [2.45, 2.75) is 24.0 Å². The monoisotopic (exact) mass is 401 g/mol. The molecule has 2 aliphatic rings. The summed E-state index contributed by atoms with van der Waals surface area (Å²) in [5, 5.41) is 7.64. The number of amides is 4. The number of halogens is 2. The maximum Gasteiger partial charge on any atom is 0.322 e. The van der Waals surface area contributed by atoms with Crippen molar-refractivity contribution >= 4 is 29.4 Å². The van der Waals surface area contributed by atoms with E-state index in [1.165, 1.54) is 0 Å². The van der Waals surface area contributed by atoms with Gasteiger partial charge in [-0.05, 0) is 42.2 Å². The molecule has 3 N–H and O–H groups in total. The zero-order chi connectivity index (χ0) is 19.9. The molecule has 0 spiro atoms. The average molecular weight is 402 g/mol. The number of rotatable bonds is 5. The number of alkyl halides is 1. The molecule has 2 aromatic rings. The van der Waals surface area contributed by atoms with Crippen molar-refractivity contribution < 1.29 is 18.8 Å². The molecule has 4 rings (SSSR count). The second-order valence-electron chi connectivity index (χ2n) is 7.01. The van der Waals surface area contributed by atoms with Gasteiger partial charge in [-0.25, -0.2) is 9.18 Å².